The molecule has 1 aromatic heterocycles. The predicted molar refractivity (Wildman–Crippen MR) is 120 cm³/mol. The van der Waals surface area contributed by atoms with E-state index in [9.17, 15) is 4.79 Å². The van der Waals surface area contributed by atoms with E-state index in [1.165, 1.54) is 11.1 Å². The van der Waals surface area contributed by atoms with Crippen molar-refractivity contribution >= 4 is 5.91 Å². The van der Waals surface area contributed by atoms with Gasteiger partial charge in [-0.15, -0.1) is 0 Å². The van der Waals surface area contributed by atoms with E-state index in [0.29, 0.717) is 18.3 Å². The molecule has 1 unspecified atom stereocenters. The summed E-state index contributed by atoms with van der Waals surface area (Å²) in [5.74, 6) is 1.44. The molecule has 1 amide bonds. The van der Waals surface area contributed by atoms with Crippen LogP contribution in [0.1, 0.15) is 48.4 Å². The highest BCUT2D eigenvalue weighted by Gasteiger charge is 2.27. The monoisotopic (exact) mass is 418 g/mol. The molecule has 2 heterocycles. The third kappa shape index (κ3) is 5.39. The van der Waals surface area contributed by atoms with Crippen LogP contribution in [0.2, 0.25) is 0 Å². The van der Waals surface area contributed by atoms with Gasteiger partial charge in [0.1, 0.15) is 0 Å². The first-order chi connectivity index (χ1) is 15.0. The van der Waals surface area contributed by atoms with Crippen molar-refractivity contribution in [1.29, 1.82) is 0 Å². The molecule has 0 spiro atoms. The van der Waals surface area contributed by atoms with Gasteiger partial charge in [-0.2, -0.15) is 4.98 Å². The molecule has 0 aliphatic carbocycles. The minimum absolute atomic E-state index is 0.0181. The van der Waals surface area contributed by atoms with Crippen LogP contribution in [0.5, 0.6) is 0 Å². The van der Waals surface area contributed by atoms with Crippen LogP contribution < -0.4 is 5.32 Å². The highest BCUT2D eigenvalue weighted by Crippen LogP contribution is 2.22. The lowest BCUT2D eigenvalue weighted by Gasteiger charge is -2.30. The van der Waals surface area contributed by atoms with Crippen molar-refractivity contribution in [2.75, 3.05) is 13.1 Å². The van der Waals surface area contributed by atoms with Crippen molar-refractivity contribution in [3.05, 3.63) is 71.1 Å². The molecule has 162 valence electrons. The number of aromatic nitrogens is 2. The van der Waals surface area contributed by atoms with Gasteiger partial charge in [0.05, 0.1) is 12.6 Å². The molecule has 4 rings (SSSR count). The van der Waals surface area contributed by atoms with Crippen molar-refractivity contribution in [3.8, 4) is 11.4 Å². The fourth-order valence-electron chi connectivity index (χ4n) is 4.03. The SMILES string of the molecule is Cc1ccc(C(C)NC(=O)C2CCN(Cc3nc(-c4cccc(C)c4)no3)CC2)cc1. The van der Waals surface area contributed by atoms with Crippen LogP contribution in [0.4, 0.5) is 0 Å². The molecule has 6 heteroatoms. The largest absolute Gasteiger partial charge is 0.349 e. The van der Waals surface area contributed by atoms with Gasteiger partial charge >= 0.3 is 0 Å². The molecule has 1 aliphatic rings. The lowest BCUT2D eigenvalue weighted by Crippen LogP contribution is -2.40. The Balaban J connectivity index is 1.27. The zero-order valence-electron chi connectivity index (χ0n) is 18.5. The Bertz CT molecular complexity index is 1020. The second-order valence-corrected chi connectivity index (χ2v) is 8.57. The molecule has 0 radical (unpaired) electrons. The molecule has 2 aromatic carbocycles. The van der Waals surface area contributed by atoms with Gasteiger partial charge in [0, 0.05) is 11.5 Å². The van der Waals surface area contributed by atoms with Crippen molar-refractivity contribution in [1.82, 2.24) is 20.4 Å². The topological polar surface area (TPSA) is 71.3 Å². The third-order valence-corrected chi connectivity index (χ3v) is 6.00. The van der Waals surface area contributed by atoms with Crippen molar-refractivity contribution in [2.24, 2.45) is 5.92 Å². The maximum Gasteiger partial charge on any atom is 0.241 e. The number of piperidine rings is 1. The minimum atomic E-state index is 0.0181. The molecule has 1 saturated heterocycles. The summed E-state index contributed by atoms with van der Waals surface area (Å²) in [7, 11) is 0. The summed E-state index contributed by atoms with van der Waals surface area (Å²) >= 11 is 0. The highest BCUT2D eigenvalue weighted by atomic mass is 16.5. The molecular formula is C25H30N4O2. The standard InChI is InChI=1S/C25H30N4O2/c1-17-7-9-20(10-8-17)19(3)26-25(30)21-11-13-29(14-12-21)16-23-27-24(28-31-23)22-6-4-5-18(2)15-22/h4-10,15,19,21H,11-14,16H2,1-3H3,(H,26,30). The summed E-state index contributed by atoms with van der Waals surface area (Å²) in [6.45, 7) is 8.47. The average Bonchev–Trinajstić information content (AvgIpc) is 3.23. The zero-order valence-corrected chi connectivity index (χ0v) is 18.5. The second-order valence-electron chi connectivity index (χ2n) is 8.57. The normalized spacial score (nSPS) is 16.2. The van der Waals surface area contributed by atoms with Crippen molar-refractivity contribution in [3.63, 3.8) is 0 Å². The number of likely N-dealkylation sites (tertiary alicyclic amines) is 1. The van der Waals surface area contributed by atoms with Crippen molar-refractivity contribution < 1.29 is 9.32 Å². The molecule has 6 nitrogen and oxygen atoms in total. The maximum absolute atomic E-state index is 12.7. The first kappa shape index (κ1) is 21.2. The van der Waals surface area contributed by atoms with Gasteiger partial charge < -0.3 is 9.84 Å². The van der Waals surface area contributed by atoms with Crippen LogP contribution in [-0.4, -0.2) is 34.0 Å². The van der Waals surface area contributed by atoms with Crippen LogP contribution in [0.25, 0.3) is 11.4 Å². The molecular weight excluding hydrogens is 388 g/mol. The summed E-state index contributed by atoms with van der Waals surface area (Å²) in [6.07, 6.45) is 1.68. The molecule has 0 bridgehead atoms. The minimum Gasteiger partial charge on any atom is -0.349 e. The van der Waals surface area contributed by atoms with E-state index in [2.05, 4.69) is 57.6 Å². The number of hydrogen-bond acceptors (Lipinski definition) is 5. The van der Waals surface area contributed by atoms with E-state index in [-0.39, 0.29) is 17.9 Å². The molecule has 31 heavy (non-hydrogen) atoms. The van der Waals surface area contributed by atoms with E-state index in [4.69, 9.17) is 4.52 Å². The Labute approximate surface area is 183 Å². The Kier molecular flexibility index (Phi) is 6.47. The molecule has 1 N–H and O–H groups in total. The number of rotatable bonds is 6. The van der Waals surface area contributed by atoms with Crippen molar-refractivity contribution in [2.45, 2.75) is 46.2 Å². The number of benzene rings is 2. The first-order valence-electron chi connectivity index (χ1n) is 11.0. The smallest absolute Gasteiger partial charge is 0.241 e. The van der Waals surface area contributed by atoms with E-state index in [1.54, 1.807) is 0 Å². The van der Waals surface area contributed by atoms with E-state index in [0.717, 1.165) is 37.1 Å². The number of amides is 1. The molecule has 0 saturated carbocycles. The maximum atomic E-state index is 12.7. The Hall–Kier alpha value is -2.99. The Morgan fingerprint density at radius 1 is 1.13 bits per heavy atom. The van der Waals surface area contributed by atoms with Crippen LogP contribution in [0.15, 0.2) is 53.1 Å². The quantitative estimate of drug-likeness (QED) is 0.641. The number of hydrogen-bond donors (Lipinski definition) is 1. The molecule has 1 atom stereocenters. The Morgan fingerprint density at radius 2 is 1.87 bits per heavy atom. The van der Waals surface area contributed by atoms with E-state index < -0.39 is 0 Å². The number of aryl methyl sites for hydroxylation is 2. The third-order valence-electron chi connectivity index (χ3n) is 6.00. The lowest BCUT2D eigenvalue weighted by atomic mass is 9.95. The van der Waals surface area contributed by atoms with Crippen LogP contribution >= 0.6 is 0 Å². The number of carbonyl (C=O) groups is 1. The van der Waals surface area contributed by atoms with Gasteiger partial charge in [0.15, 0.2) is 0 Å². The van der Waals surface area contributed by atoms with Gasteiger partial charge in [0.25, 0.3) is 0 Å². The summed E-state index contributed by atoms with van der Waals surface area (Å²) < 4.78 is 5.46. The number of nitrogens with zero attached hydrogens (tertiary/aromatic N) is 3. The first-order valence-corrected chi connectivity index (χ1v) is 11.0. The predicted octanol–water partition coefficient (Wildman–Crippen LogP) is 4.44. The van der Waals surface area contributed by atoms with E-state index >= 15 is 0 Å². The van der Waals surface area contributed by atoms with Gasteiger partial charge in [-0.1, -0.05) is 58.7 Å². The molecule has 1 fully saturated rings. The summed E-state index contributed by atoms with van der Waals surface area (Å²) in [5.41, 5.74) is 4.49. The lowest BCUT2D eigenvalue weighted by molar-refractivity contribution is -0.127. The second kappa shape index (κ2) is 9.43. The van der Waals surface area contributed by atoms with Gasteiger partial charge in [0.2, 0.25) is 17.6 Å². The van der Waals surface area contributed by atoms with Gasteiger partial charge in [-0.25, -0.2) is 0 Å². The van der Waals surface area contributed by atoms with Gasteiger partial charge in [-0.05, 0) is 58.3 Å². The summed E-state index contributed by atoms with van der Waals surface area (Å²) in [5, 5.41) is 7.30. The summed E-state index contributed by atoms with van der Waals surface area (Å²) in [6, 6.07) is 16.4. The zero-order chi connectivity index (χ0) is 21.8. The van der Waals surface area contributed by atoms with Crippen LogP contribution in [-0.2, 0) is 11.3 Å². The fraction of sp³-hybridized carbons (Fsp3) is 0.400. The molecule has 3 aromatic rings. The highest BCUT2D eigenvalue weighted by molar-refractivity contribution is 5.79. The summed E-state index contributed by atoms with van der Waals surface area (Å²) in [4.78, 5) is 19.6. The van der Waals surface area contributed by atoms with Crippen LogP contribution in [0, 0.1) is 19.8 Å². The van der Waals surface area contributed by atoms with Crippen LogP contribution in [0.3, 0.4) is 0 Å². The average molecular weight is 419 g/mol. The Morgan fingerprint density at radius 3 is 2.58 bits per heavy atom. The number of nitrogens with one attached hydrogen (secondary N) is 1. The van der Waals surface area contributed by atoms with Gasteiger partial charge in [-0.3, -0.25) is 9.69 Å². The number of carbonyl (C=O) groups excluding carboxylic acids is 1. The molecule has 1 aliphatic heterocycles. The fourth-order valence-corrected chi connectivity index (χ4v) is 4.03. The van der Waals surface area contributed by atoms with E-state index in [1.807, 2.05) is 32.0 Å².